The molecule has 0 aromatic carbocycles. The highest BCUT2D eigenvalue weighted by atomic mass is 32.1. The van der Waals surface area contributed by atoms with Crippen molar-refractivity contribution in [3.63, 3.8) is 0 Å². The number of cyclic esters (lactones) is 1. The molecule has 0 saturated carbocycles. The summed E-state index contributed by atoms with van der Waals surface area (Å²) in [6.45, 7) is 19.6. The van der Waals surface area contributed by atoms with Crippen LogP contribution in [0.3, 0.4) is 0 Å². The molecule has 0 spiro atoms. The van der Waals surface area contributed by atoms with E-state index in [4.69, 9.17) is 4.74 Å². The average molecular weight is 490 g/mol. The molecule has 5 heteroatoms. The van der Waals surface area contributed by atoms with Crippen LogP contribution in [0.25, 0.3) is 6.08 Å². The summed E-state index contributed by atoms with van der Waals surface area (Å²) in [5.74, 6) is 1.55. The summed E-state index contributed by atoms with van der Waals surface area (Å²) in [7, 11) is 0. The highest BCUT2D eigenvalue weighted by Gasteiger charge is 2.40. The number of hydrogen-bond acceptors (Lipinski definition) is 5. The fourth-order valence-corrected chi connectivity index (χ4v) is 5.63. The molecule has 1 aliphatic rings. The normalized spacial score (nSPS) is 34.2. The van der Waals surface area contributed by atoms with Crippen molar-refractivity contribution in [2.45, 2.75) is 107 Å². The van der Waals surface area contributed by atoms with E-state index < -0.39 is 11.5 Å². The molecule has 2 rings (SSSR count). The van der Waals surface area contributed by atoms with Gasteiger partial charge in [-0.25, -0.2) is 4.98 Å². The van der Waals surface area contributed by atoms with Gasteiger partial charge in [-0.2, -0.15) is 0 Å². The van der Waals surface area contributed by atoms with Gasteiger partial charge in [-0.1, -0.05) is 59.6 Å². The molecule has 3 unspecified atom stereocenters. The number of esters is 1. The predicted molar refractivity (Wildman–Crippen MR) is 144 cm³/mol. The number of rotatable bonds is 2. The van der Waals surface area contributed by atoms with Crippen molar-refractivity contribution in [1.82, 2.24) is 4.98 Å². The lowest BCUT2D eigenvalue weighted by Gasteiger charge is -2.42. The van der Waals surface area contributed by atoms with Crippen molar-refractivity contribution in [2.24, 2.45) is 29.1 Å². The van der Waals surface area contributed by atoms with Gasteiger partial charge in [0.05, 0.1) is 23.2 Å². The number of aromatic nitrogens is 1. The highest BCUT2D eigenvalue weighted by Crippen LogP contribution is 2.42. The monoisotopic (exact) mass is 489 g/mol. The molecule has 0 aliphatic carbocycles. The van der Waals surface area contributed by atoms with Crippen LogP contribution in [0.4, 0.5) is 0 Å². The number of thiazole rings is 1. The van der Waals surface area contributed by atoms with E-state index in [9.17, 15) is 9.90 Å². The van der Waals surface area contributed by atoms with Crippen molar-refractivity contribution >= 4 is 23.4 Å². The van der Waals surface area contributed by atoms with Gasteiger partial charge in [-0.05, 0) is 74.3 Å². The number of aryl methyl sites for hydroxylation is 1. The van der Waals surface area contributed by atoms with E-state index in [-0.39, 0.29) is 24.4 Å². The van der Waals surface area contributed by atoms with Gasteiger partial charge in [0.25, 0.3) is 0 Å². The molecule has 6 atom stereocenters. The molecule has 0 saturated heterocycles. The molecular weight excluding hydrogens is 442 g/mol. The maximum atomic E-state index is 13.0. The first kappa shape index (κ1) is 28.8. The van der Waals surface area contributed by atoms with Crippen LogP contribution in [-0.2, 0) is 9.53 Å². The quantitative estimate of drug-likeness (QED) is 0.343. The molecular formula is C29H47NO3S. The zero-order valence-corrected chi connectivity index (χ0v) is 23.7. The first-order valence-corrected chi connectivity index (χ1v) is 13.8. The summed E-state index contributed by atoms with van der Waals surface area (Å²) < 4.78 is 5.97. The lowest BCUT2D eigenvalue weighted by atomic mass is 9.64. The van der Waals surface area contributed by atoms with Crippen LogP contribution in [0, 0.1) is 36.0 Å². The average Bonchev–Trinajstić information content (AvgIpc) is 3.18. The standard InChI is InChI=1S/C29H47NO3S/c1-18-11-10-12-19(2)21(4)22(5)23(6)29(8,9)27(31)16-28(32)33-26(14-13-18)20(3)15-25-17-34-24(7)30-25/h13,15,17,19,21-23,26-27,31H,10-12,14,16H2,1-9H3/b18-13-,20-15+/t19-,21-,22+,23?,26?,27?/m0/s1. The van der Waals surface area contributed by atoms with E-state index in [2.05, 4.69) is 59.5 Å². The highest BCUT2D eigenvalue weighted by molar-refractivity contribution is 7.09. The van der Waals surface area contributed by atoms with Gasteiger partial charge in [0.1, 0.15) is 6.10 Å². The number of hydrogen-bond donors (Lipinski definition) is 1. The summed E-state index contributed by atoms with van der Waals surface area (Å²) in [5.41, 5.74) is 2.82. The Morgan fingerprint density at radius 1 is 1.21 bits per heavy atom. The van der Waals surface area contributed by atoms with Crippen molar-refractivity contribution in [3.05, 3.63) is 33.3 Å². The Morgan fingerprint density at radius 2 is 1.88 bits per heavy atom. The second kappa shape index (κ2) is 12.5. The molecule has 34 heavy (non-hydrogen) atoms. The summed E-state index contributed by atoms with van der Waals surface area (Å²) in [6.07, 6.45) is 7.20. The molecule has 0 radical (unpaired) electrons. The second-order valence-corrected chi connectivity index (χ2v) is 12.4. The van der Waals surface area contributed by atoms with Crippen LogP contribution in [0.1, 0.15) is 98.2 Å². The topological polar surface area (TPSA) is 59.4 Å². The van der Waals surface area contributed by atoms with Gasteiger partial charge in [-0.15, -0.1) is 11.3 Å². The summed E-state index contributed by atoms with van der Waals surface area (Å²) >= 11 is 1.61. The third-order valence-corrected chi connectivity index (χ3v) is 9.40. The Hall–Kier alpha value is -1.46. The summed E-state index contributed by atoms with van der Waals surface area (Å²) in [6, 6.07) is 0. The Balaban J connectivity index is 2.32. The van der Waals surface area contributed by atoms with Crippen LogP contribution in [-0.4, -0.2) is 28.3 Å². The number of allylic oxidation sites excluding steroid dienone is 1. The SMILES string of the molecule is C/C1=C/CC(/C(C)=C/c2csc(C)n2)OC(=O)CC(O)C(C)(C)C(C)[C@H](C)[C@@H](C)[C@@H](C)CCC1. The maximum absolute atomic E-state index is 13.0. The van der Waals surface area contributed by atoms with Crippen molar-refractivity contribution in [2.75, 3.05) is 0 Å². The summed E-state index contributed by atoms with van der Waals surface area (Å²) in [5, 5.41) is 14.2. The largest absolute Gasteiger partial charge is 0.457 e. The van der Waals surface area contributed by atoms with Gasteiger partial charge in [0, 0.05) is 11.8 Å². The van der Waals surface area contributed by atoms with Gasteiger partial charge in [-0.3, -0.25) is 4.79 Å². The fourth-order valence-electron chi connectivity index (χ4n) is 5.06. The van der Waals surface area contributed by atoms with E-state index >= 15 is 0 Å². The second-order valence-electron chi connectivity index (χ2n) is 11.4. The molecule has 0 bridgehead atoms. The molecule has 0 fully saturated rings. The number of carbonyl (C=O) groups excluding carboxylic acids is 1. The Kier molecular flexibility index (Phi) is 10.6. The zero-order chi connectivity index (χ0) is 25.6. The van der Waals surface area contributed by atoms with Crippen molar-refractivity contribution in [3.8, 4) is 0 Å². The molecule has 1 aromatic heterocycles. The predicted octanol–water partition coefficient (Wildman–Crippen LogP) is 7.61. The van der Waals surface area contributed by atoms with E-state index in [1.165, 1.54) is 18.4 Å². The molecule has 0 amide bonds. The molecule has 1 aliphatic heterocycles. The number of nitrogens with zero attached hydrogens (tertiary/aromatic N) is 1. The molecule has 1 aromatic rings. The van der Waals surface area contributed by atoms with Crippen LogP contribution < -0.4 is 0 Å². The molecule has 1 N–H and O–H groups in total. The van der Waals surface area contributed by atoms with E-state index in [0.29, 0.717) is 24.2 Å². The Morgan fingerprint density at radius 3 is 2.50 bits per heavy atom. The smallest absolute Gasteiger partial charge is 0.309 e. The van der Waals surface area contributed by atoms with Crippen LogP contribution in [0.2, 0.25) is 0 Å². The van der Waals surface area contributed by atoms with Gasteiger partial charge in [0.15, 0.2) is 0 Å². The molecule has 4 nitrogen and oxygen atoms in total. The van der Waals surface area contributed by atoms with Gasteiger partial charge < -0.3 is 9.84 Å². The van der Waals surface area contributed by atoms with Gasteiger partial charge >= 0.3 is 5.97 Å². The first-order valence-electron chi connectivity index (χ1n) is 13.0. The minimum atomic E-state index is -0.753. The fraction of sp³-hybridized carbons (Fsp3) is 0.724. The number of ether oxygens (including phenoxy) is 1. The van der Waals surface area contributed by atoms with Gasteiger partial charge in [0.2, 0.25) is 0 Å². The van der Waals surface area contributed by atoms with E-state index in [1.54, 1.807) is 11.3 Å². The number of aliphatic hydroxyl groups excluding tert-OH is 1. The van der Waals surface area contributed by atoms with E-state index in [1.807, 2.05) is 25.3 Å². The number of aliphatic hydroxyl groups is 1. The van der Waals surface area contributed by atoms with Crippen LogP contribution in [0.5, 0.6) is 0 Å². The molecule has 192 valence electrons. The lowest BCUT2D eigenvalue weighted by Crippen LogP contribution is -2.42. The minimum absolute atomic E-state index is 0.0102. The molecule has 2 heterocycles. The van der Waals surface area contributed by atoms with Crippen molar-refractivity contribution < 1.29 is 14.6 Å². The third kappa shape index (κ3) is 7.78. The lowest BCUT2D eigenvalue weighted by molar-refractivity contribution is -0.152. The first-order chi connectivity index (χ1) is 15.8. The third-order valence-electron chi connectivity index (χ3n) is 8.61. The Bertz CT molecular complexity index is 868. The Labute approximate surface area is 211 Å². The number of carbonyl (C=O) groups is 1. The summed E-state index contributed by atoms with van der Waals surface area (Å²) in [4.78, 5) is 17.5. The van der Waals surface area contributed by atoms with Crippen LogP contribution in [0.15, 0.2) is 22.6 Å². The maximum Gasteiger partial charge on any atom is 0.309 e. The van der Waals surface area contributed by atoms with Crippen molar-refractivity contribution in [1.29, 1.82) is 0 Å². The zero-order valence-electron chi connectivity index (χ0n) is 22.9. The minimum Gasteiger partial charge on any atom is -0.457 e. The van der Waals surface area contributed by atoms with E-state index in [0.717, 1.165) is 22.7 Å². The van der Waals surface area contributed by atoms with Crippen LogP contribution >= 0.6 is 11.3 Å².